The summed E-state index contributed by atoms with van der Waals surface area (Å²) in [5.41, 5.74) is 2.43. The Hall–Kier alpha value is -2.89. The number of aromatic nitrogens is 1. The van der Waals surface area contributed by atoms with Crippen molar-refractivity contribution in [3.63, 3.8) is 0 Å². The van der Waals surface area contributed by atoms with E-state index >= 15 is 0 Å². The number of rotatable bonds is 6. The van der Waals surface area contributed by atoms with Crippen molar-refractivity contribution in [1.29, 1.82) is 0 Å². The van der Waals surface area contributed by atoms with Gasteiger partial charge in [0.2, 0.25) is 5.91 Å². The van der Waals surface area contributed by atoms with Gasteiger partial charge in [-0.25, -0.2) is 0 Å². The van der Waals surface area contributed by atoms with Crippen molar-refractivity contribution in [2.45, 2.75) is 51.0 Å². The fourth-order valence-electron chi connectivity index (χ4n) is 5.19. The van der Waals surface area contributed by atoms with Gasteiger partial charge in [0.1, 0.15) is 0 Å². The number of pyridine rings is 1. The molecule has 2 N–H and O–H groups in total. The van der Waals surface area contributed by atoms with Crippen LogP contribution >= 0.6 is 0 Å². The predicted octanol–water partition coefficient (Wildman–Crippen LogP) is 4.19. The molecular formula is C25H31N3O3. The first-order valence-electron chi connectivity index (χ1n) is 11.3. The van der Waals surface area contributed by atoms with Gasteiger partial charge in [0.15, 0.2) is 0 Å². The normalized spacial score (nSPS) is 19.7. The molecule has 1 aromatic heterocycles. The Morgan fingerprint density at radius 3 is 2.29 bits per heavy atom. The zero-order valence-corrected chi connectivity index (χ0v) is 17.9. The van der Waals surface area contributed by atoms with E-state index < -0.39 is 12.0 Å². The van der Waals surface area contributed by atoms with E-state index in [9.17, 15) is 14.7 Å². The molecule has 4 rings (SSSR count). The average Bonchev–Trinajstić information content (AvgIpc) is 2.80. The number of carboxylic acids is 1. The molecule has 1 atom stereocenters. The van der Waals surface area contributed by atoms with Crippen molar-refractivity contribution in [3.05, 3.63) is 60.4 Å². The highest BCUT2D eigenvalue weighted by molar-refractivity contribution is 5.80. The number of benzene rings is 1. The Labute approximate surface area is 183 Å². The first kappa shape index (κ1) is 21.3. The minimum absolute atomic E-state index is 0.000764. The molecular weight excluding hydrogens is 390 g/mol. The predicted molar refractivity (Wildman–Crippen MR) is 120 cm³/mol. The molecule has 6 heteroatoms. The molecule has 31 heavy (non-hydrogen) atoms. The van der Waals surface area contributed by atoms with E-state index in [2.05, 4.69) is 27.3 Å². The molecule has 2 aromatic rings. The zero-order valence-electron chi connectivity index (χ0n) is 17.9. The van der Waals surface area contributed by atoms with Crippen LogP contribution in [-0.4, -0.2) is 35.1 Å². The molecule has 1 saturated carbocycles. The Morgan fingerprint density at radius 2 is 1.68 bits per heavy atom. The maximum absolute atomic E-state index is 13.0. The van der Waals surface area contributed by atoms with Crippen molar-refractivity contribution in [1.82, 2.24) is 10.3 Å². The largest absolute Gasteiger partial charge is 0.481 e. The number of hydrogen-bond acceptors (Lipinski definition) is 4. The van der Waals surface area contributed by atoms with Crippen LogP contribution in [0.4, 0.5) is 5.69 Å². The molecule has 1 aliphatic heterocycles. The van der Waals surface area contributed by atoms with Gasteiger partial charge in [-0.3, -0.25) is 14.6 Å². The summed E-state index contributed by atoms with van der Waals surface area (Å²) in [7, 11) is 0. The van der Waals surface area contributed by atoms with Gasteiger partial charge >= 0.3 is 5.97 Å². The van der Waals surface area contributed by atoms with Crippen molar-refractivity contribution < 1.29 is 14.7 Å². The monoisotopic (exact) mass is 421 g/mol. The highest BCUT2D eigenvalue weighted by atomic mass is 16.4. The lowest BCUT2D eigenvalue weighted by molar-refractivity contribution is -0.138. The van der Waals surface area contributed by atoms with Crippen molar-refractivity contribution in [2.24, 2.45) is 11.3 Å². The molecule has 1 spiro atoms. The lowest BCUT2D eigenvalue weighted by Gasteiger charge is -2.46. The molecule has 164 valence electrons. The summed E-state index contributed by atoms with van der Waals surface area (Å²) >= 11 is 0. The third kappa shape index (κ3) is 5.24. The van der Waals surface area contributed by atoms with Gasteiger partial charge in [0.25, 0.3) is 0 Å². The number of hydrogen-bond donors (Lipinski definition) is 2. The Balaban J connectivity index is 1.31. The van der Waals surface area contributed by atoms with Crippen LogP contribution in [0.15, 0.2) is 54.9 Å². The second-order valence-electron chi connectivity index (χ2n) is 9.04. The molecule has 2 heterocycles. The average molecular weight is 422 g/mol. The SMILES string of the molecule is O=C(O)C[C@@H](NC(=O)C1CCC2(CC1)CCN(c1ccncc1)CC2)c1ccccc1. The highest BCUT2D eigenvalue weighted by Gasteiger charge is 2.40. The van der Waals surface area contributed by atoms with E-state index in [0.717, 1.165) is 57.2 Å². The molecule has 2 fully saturated rings. The third-order valence-corrected chi connectivity index (χ3v) is 7.17. The minimum atomic E-state index is -0.905. The van der Waals surface area contributed by atoms with Crippen LogP contribution < -0.4 is 10.2 Å². The zero-order chi connectivity index (χ0) is 21.7. The lowest BCUT2D eigenvalue weighted by Crippen LogP contribution is -2.44. The van der Waals surface area contributed by atoms with Crippen LogP contribution in [0, 0.1) is 11.3 Å². The number of amides is 1. The summed E-state index contributed by atoms with van der Waals surface area (Å²) in [5.74, 6) is -0.930. The molecule has 0 bridgehead atoms. The maximum atomic E-state index is 13.0. The Morgan fingerprint density at radius 1 is 1.03 bits per heavy atom. The smallest absolute Gasteiger partial charge is 0.305 e. The second kappa shape index (κ2) is 9.50. The van der Waals surface area contributed by atoms with Crippen molar-refractivity contribution >= 4 is 17.6 Å². The number of aliphatic carboxylic acids is 1. The standard InChI is InChI=1S/C25H31N3O3/c29-23(30)18-22(19-4-2-1-3-5-19)27-24(31)20-6-10-25(11-7-20)12-16-28(17-13-25)21-8-14-26-15-9-21/h1-5,8-9,14-15,20,22H,6-7,10-13,16-18H2,(H,27,31)(H,29,30)/t22-/m1/s1. The van der Waals surface area contributed by atoms with Crippen LogP contribution in [0.5, 0.6) is 0 Å². The molecule has 1 aromatic carbocycles. The molecule has 1 aliphatic carbocycles. The van der Waals surface area contributed by atoms with Gasteiger partial charge in [-0.15, -0.1) is 0 Å². The van der Waals surface area contributed by atoms with Crippen LogP contribution in [-0.2, 0) is 9.59 Å². The highest BCUT2D eigenvalue weighted by Crippen LogP contribution is 2.47. The Kier molecular flexibility index (Phi) is 6.54. The fourth-order valence-corrected chi connectivity index (χ4v) is 5.19. The van der Waals surface area contributed by atoms with Gasteiger partial charge in [0.05, 0.1) is 12.5 Å². The molecule has 1 saturated heterocycles. The molecule has 6 nitrogen and oxygen atoms in total. The van der Waals surface area contributed by atoms with Crippen LogP contribution in [0.1, 0.15) is 56.6 Å². The summed E-state index contributed by atoms with van der Waals surface area (Å²) in [4.78, 5) is 30.8. The summed E-state index contributed by atoms with van der Waals surface area (Å²) in [6.45, 7) is 2.10. The summed E-state index contributed by atoms with van der Waals surface area (Å²) in [5, 5.41) is 12.3. The van der Waals surface area contributed by atoms with Crippen LogP contribution in [0.25, 0.3) is 0 Å². The van der Waals surface area contributed by atoms with Gasteiger partial charge in [-0.1, -0.05) is 30.3 Å². The molecule has 0 radical (unpaired) electrons. The summed E-state index contributed by atoms with van der Waals surface area (Å²) < 4.78 is 0. The van der Waals surface area contributed by atoms with Crippen molar-refractivity contribution in [3.8, 4) is 0 Å². The van der Waals surface area contributed by atoms with E-state index in [0.29, 0.717) is 5.41 Å². The number of nitrogens with zero attached hydrogens (tertiary/aromatic N) is 2. The lowest BCUT2D eigenvalue weighted by atomic mass is 9.65. The van der Waals surface area contributed by atoms with Gasteiger partial charge in [0, 0.05) is 37.1 Å². The summed E-state index contributed by atoms with van der Waals surface area (Å²) in [6, 6.07) is 13.0. The van der Waals surface area contributed by atoms with E-state index in [4.69, 9.17) is 0 Å². The van der Waals surface area contributed by atoms with Crippen molar-refractivity contribution in [2.75, 3.05) is 18.0 Å². The minimum Gasteiger partial charge on any atom is -0.481 e. The first-order valence-corrected chi connectivity index (χ1v) is 11.3. The number of anilines is 1. The number of piperidine rings is 1. The summed E-state index contributed by atoms with van der Waals surface area (Å²) in [6.07, 6.45) is 9.83. The van der Waals surface area contributed by atoms with Gasteiger partial charge < -0.3 is 15.3 Å². The number of carbonyl (C=O) groups is 2. The topological polar surface area (TPSA) is 82.5 Å². The number of carboxylic acid groups (broad SMARTS) is 1. The van der Waals surface area contributed by atoms with E-state index in [1.54, 1.807) is 0 Å². The third-order valence-electron chi connectivity index (χ3n) is 7.17. The quantitative estimate of drug-likeness (QED) is 0.731. The van der Waals surface area contributed by atoms with Crippen LogP contribution in [0.2, 0.25) is 0 Å². The number of nitrogens with one attached hydrogen (secondary N) is 1. The molecule has 0 unspecified atom stereocenters. The van der Waals surface area contributed by atoms with Gasteiger partial charge in [-0.2, -0.15) is 0 Å². The van der Waals surface area contributed by atoms with E-state index in [1.165, 1.54) is 5.69 Å². The second-order valence-corrected chi connectivity index (χ2v) is 9.04. The fraction of sp³-hybridized carbons (Fsp3) is 0.480. The van der Waals surface area contributed by atoms with E-state index in [1.807, 2.05) is 42.7 Å². The van der Waals surface area contributed by atoms with Crippen LogP contribution in [0.3, 0.4) is 0 Å². The van der Waals surface area contributed by atoms with Gasteiger partial charge in [-0.05, 0) is 61.6 Å². The number of carbonyl (C=O) groups excluding carboxylic acids is 1. The van der Waals surface area contributed by atoms with E-state index in [-0.39, 0.29) is 18.2 Å². The molecule has 2 aliphatic rings. The maximum Gasteiger partial charge on any atom is 0.305 e. The molecule has 1 amide bonds. The Bertz CT molecular complexity index is 869. The first-order chi connectivity index (χ1) is 15.0.